The largest absolute Gasteiger partial charge is 0.462 e. The Morgan fingerprint density at radius 3 is 3.00 bits per heavy atom. The molecule has 0 aromatic carbocycles. The van der Waals surface area contributed by atoms with Gasteiger partial charge in [-0.25, -0.2) is 9.97 Å². The third kappa shape index (κ3) is 3.94. The van der Waals surface area contributed by atoms with Crippen molar-refractivity contribution in [3.05, 3.63) is 41.4 Å². The van der Waals surface area contributed by atoms with Crippen LogP contribution in [-0.4, -0.2) is 76.1 Å². The molecule has 8 nitrogen and oxygen atoms in total. The molecule has 0 bridgehead atoms. The monoisotopic (exact) mass is 395 g/mol. The molecule has 1 aliphatic rings. The molecule has 1 fully saturated rings. The van der Waals surface area contributed by atoms with Crippen molar-refractivity contribution in [3.63, 3.8) is 0 Å². The molecule has 0 aliphatic carbocycles. The number of pyridine rings is 1. The summed E-state index contributed by atoms with van der Waals surface area (Å²) in [5, 5.41) is 10.4. The Bertz CT molecular complexity index is 968. The Labute approximate surface area is 167 Å². The first-order valence-corrected chi connectivity index (χ1v) is 9.90. The zero-order valence-corrected chi connectivity index (χ0v) is 16.6. The Balaban J connectivity index is 1.51. The molecule has 0 N–H and O–H groups in total. The minimum absolute atomic E-state index is 0.287. The summed E-state index contributed by atoms with van der Waals surface area (Å²) in [5.41, 5.74) is 1.38. The molecule has 0 saturated carbocycles. The highest BCUT2D eigenvalue weighted by atomic mass is 32.1. The van der Waals surface area contributed by atoms with Crippen LogP contribution in [0.15, 0.2) is 30.7 Å². The van der Waals surface area contributed by atoms with Crippen LogP contribution in [0.5, 0.6) is 6.01 Å². The van der Waals surface area contributed by atoms with Crippen molar-refractivity contribution in [1.29, 1.82) is 5.26 Å². The van der Waals surface area contributed by atoms with Gasteiger partial charge in [-0.2, -0.15) is 10.2 Å². The summed E-state index contributed by atoms with van der Waals surface area (Å²) in [5.74, 6) is -0.564. The van der Waals surface area contributed by atoms with Gasteiger partial charge in [0.25, 0.3) is 0 Å². The van der Waals surface area contributed by atoms with Gasteiger partial charge in [0.15, 0.2) is 0 Å². The van der Waals surface area contributed by atoms with E-state index in [1.165, 1.54) is 11.3 Å². The van der Waals surface area contributed by atoms with Crippen LogP contribution < -0.4 is 4.74 Å². The lowest BCUT2D eigenvalue weighted by Gasteiger charge is -2.37. The molecule has 9 heteroatoms. The summed E-state index contributed by atoms with van der Waals surface area (Å²) < 4.78 is 6.87. The summed E-state index contributed by atoms with van der Waals surface area (Å²) >= 11 is 1.48. The number of nitrogens with zero attached hydrogens (tertiary/aromatic N) is 7. The minimum Gasteiger partial charge on any atom is -0.462 e. The van der Waals surface area contributed by atoms with Crippen molar-refractivity contribution in [2.45, 2.75) is 12.0 Å². The lowest BCUT2D eigenvalue weighted by molar-refractivity contribution is 0.0749. The van der Waals surface area contributed by atoms with Crippen LogP contribution in [0.2, 0.25) is 0 Å². The molecule has 2 unspecified atom stereocenters. The van der Waals surface area contributed by atoms with Crippen molar-refractivity contribution in [3.8, 4) is 12.1 Å². The van der Waals surface area contributed by atoms with E-state index in [1.807, 2.05) is 6.07 Å². The van der Waals surface area contributed by atoms with Gasteiger partial charge in [0.05, 0.1) is 34.2 Å². The van der Waals surface area contributed by atoms with E-state index >= 15 is 0 Å². The van der Waals surface area contributed by atoms with Gasteiger partial charge >= 0.3 is 6.01 Å². The number of thiazole rings is 1. The molecule has 144 valence electrons. The van der Waals surface area contributed by atoms with Crippen molar-refractivity contribution in [2.24, 2.45) is 0 Å². The molecule has 0 spiro atoms. The Morgan fingerprint density at radius 2 is 2.18 bits per heavy atom. The van der Waals surface area contributed by atoms with Gasteiger partial charge in [-0.1, -0.05) is 0 Å². The third-order valence-electron chi connectivity index (χ3n) is 4.92. The van der Waals surface area contributed by atoms with Gasteiger partial charge < -0.3 is 9.64 Å². The first kappa shape index (κ1) is 18.7. The van der Waals surface area contributed by atoms with Crippen LogP contribution in [0.4, 0.5) is 0 Å². The maximum absolute atomic E-state index is 9.73. The topological polar surface area (TPSA) is 91.1 Å². The van der Waals surface area contributed by atoms with Gasteiger partial charge in [-0.05, 0) is 26.2 Å². The van der Waals surface area contributed by atoms with Crippen molar-refractivity contribution in [2.75, 3.05) is 40.3 Å². The molecule has 4 heterocycles. The van der Waals surface area contributed by atoms with Crippen LogP contribution in [0.3, 0.4) is 0 Å². The lowest BCUT2D eigenvalue weighted by atomic mass is 10.1. The predicted octanol–water partition coefficient (Wildman–Crippen LogP) is 1.76. The Kier molecular flexibility index (Phi) is 5.43. The number of fused-ring (bicyclic) bond motifs is 1. The lowest BCUT2D eigenvalue weighted by Crippen LogP contribution is -2.52. The quantitative estimate of drug-likeness (QED) is 0.645. The normalized spacial score (nSPS) is 19.4. The van der Waals surface area contributed by atoms with Crippen molar-refractivity contribution < 1.29 is 4.74 Å². The Morgan fingerprint density at radius 1 is 1.29 bits per heavy atom. The fourth-order valence-electron chi connectivity index (χ4n) is 3.21. The molecule has 28 heavy (non-hydrogen) atoms. The van der Waals surface area contributed by atoms with Crippen LogP contribution in [-0.2, 0) is 0 Å². The fraction of sp³-hybridized carbons (Fsp3) is 0.421. The molecule has 0 radical (unpaired) electrons. The summed E-state index contributed by atoms with van der Waals surface area (Å²) in [6.45, 7) is 3.51. The van der Waals surface area contributed by atoms with Gasteiger partial charge in [0, 0.05) is 32.0 Å². The van der Waals surface area contributed by atoms with E-state index < -0.39 is 5.92 Å². The van der Waals surface area contributed by atoms with Crippen LogP contribution >= 0.6 is 11.3 Å². The van der Waals surface area contributed by atoms with E-state index in [9.17, 15) is 5.26 Å². The molecule has 4 rings (SSSR count). The molecular formula is C19H21N7OS. The molecule has 3 aromatic rings. The maximum Gasteiger partial charge on any atom is 0.316 e. The second-order valence-electron chi connectivity index (χ2n) is 6.93. The van der Waals surface area contributed by atoms with E-state index in [4.69, 9.17) is 4.74 Å². The number of ether oxygens (including phenoxy) is 1. The smallest absolute Gasteiger partial charge is 0.316 e. The average molecular weight is 395 g/mol. The number of piperazine rings is 1. The summed E-state index contributed by atoms with van der Waals surface area (Å²) in [6, 6.07) is 6.53. The molecule has 3 aromatic heterocycles. The van der Waals surface area contributed by atoms with Gasteiger partial charge in [0.1, 0.15) is 17.5 Å². The van der Waals surface area contributed by atoms with Crippen LogP contribution in [0.1, 0.15) is 16.6 Å². The zero-order chi connectivity index (χ0) is 19.5. The number of rotatable bonds is 5. The van der Waals surface area contributed by atoms with Gasteiger partial charge in [-0.3, -0.25) is 9.88 Å². The summed E-state index contributed by atoms with van der Waals surface area (Å²) in [7, 11) is 4.22. The van der Waals surface area contributed by atoms with Crippen molar-refractivity contribution in [1.82, 2.24) is 29.7 Å². The number of nitriles is 1. The van der Waals surface area contributed by atoms with E-state index in [0.717, 1.165) is 29.9 Å². The van der Waals surface area contributed by atoms with E-state index in [2.05, 4.69) is 49.9 Å². The molecule has 1 saturated heterocycles. The Hall–Kier alpha value is -2.67. The molecular weight excluding hydrogens is 374 g/mol. The van der Waals surface area contributed by atoms with E-state index in [0.29, 0.717) is 23.3 Å². The van der Waals surface area contributed by atoms with Crippen molar-refractivity contribution >= 4 is 21.6 Å². The maximum atomic E-state index is 9.73. The SMILES string of the molecule is CN1CCN(C)C(COc2nccc(C(C#N)c3nc4cnccc4s3)n2)C1. The number of aromatic nitrogens is 4. The number of likely N-dealkylation sites (N-methyl/N-ethyl adjacent to an activating group) is 2. The highest BCUT2D eigenvalue weighted by molar-refractivity contribution is 7.18. The summed E-state index contributed by atoms with van der Waals surface area (Å²) in [4.78, 5) is 21.9. The second kappa shape index (κ2) is 8.14. The standard InChI is InChI=1S/C19H21N7OS/c1-25-7-8-26(2)13(11-25)12-27-19-22-6-3-15(24-19)14(9-20)18-23-16-10-21-5-4-17(16)28-18/h3-6,10,13-14H,7-8,11-12H2,1-2H3. The average Bonchev–Trinajstić information content (AvgIpc) is 3.13. The zero-order valence-electron chi connectivity index (χ0n) is 15.8. The van der Waals surface area contributed by atoms with Gasteiger partial charge in [-0.15, -0.1) is 11.3 Å². The third-order valence-corrected chi connectivity index (χ3v) is 6.02. The number of hydrogen-bond acceptors (Lipinski definition) is 9. The van der Waals surface area contributed by atoms with Crippen LogP contribution in [0, 0.1) is 11.3 Å². The van der Waals surface area contributed by atoms with Crippen LogP contribution in [0.25, 0.3) is 10.2 Å². The van der Waals surface area contributed by atoms with E-state index in [1.54, 1.807) is 24.7 Å². The minimum atomic E-state index is -0.564. The highest BCUT2D eigenvalue weighted by Gasteiger charge is 2.24. The summed E-state index contributed by atoms with van der Waals surface area (Å²) in [6.07, 6.45) is 5.06. The first-order chi connectivity index (χ1) is 13.6. The molecule has 2 atom stereocenters. The van der Waals surface area contributed by atoms with Gasteiger partial charge in [0.2, 0.25) is 0 Å². The second-order valence-corrected chi connectivity index (χ2v) is 7.99. The molecule has 1 aliphatic heterocycles. The molecule has 0 amide bonds. The highest BCUT2D eigenvalue weighted by Crippen LogP contribution is 2.30. The predicted molar refractivity (Wildman–Crippen MR) is 106 cm³/mol. The fourth-order valence-corrected chi connectivity index (χ4v) is 4.20. The first-order valence-electron chi connectivity index (χ1n) is 9.08. The number of hydrogen-bond donors (Lipinski definition) is 0. The van der Waals surface area contributed by atoms with E-state index in [-0.39, 0.29) is 6.04 Å².